The van der Waals surface area contributed by atoms with Gasteiger partial charge in [-0.2, -0.15) is 0 Å². The van der Waals surface area contributed by atoms with Crippen molar-refractivity contribution in [3.05, 3.63) is 72.6 Å². The Kier molecular flexibility index (Phi) is 4.63. The smallest absolute Gasteiger partial charge is 0.221 e. The highest BCUT2D eigenvalue weighted by atomic mass is 31.2. The fourth-order valence-electron chi connectivity index (χ4n) is 3.63. The second-order valence-electron chi connectivity index (χ2n) is 7.97. The van der Waals surface area contributed by atoms with Crippen LogP contribution >= 0.6 is 7.14 Å². The van der Waals surface area contributed by atoms with Gasteiger partial charge < -0.3 is 4.57 Å². The van der Waals surface area contributed by atoms with Gasteiger partial charge in [0.25, 0.3) is 0 Å². The minimum atomic E-state index is -2.37. The van der Waals surface area contributed by atoms with Crippen molar-refractivity contribution in [3.63, 3.8) is 0 Å². The van der Waals surface area contributed by atoms with E-state index in [9.17, 15) is 4.57 Å². The second kappa shape index (κ2) is 7.36. The summed E-state index contributed by atoms with van der Waals surface area (Å²) in [6.07, 6.45) is 3.47. The molecule has 0 N–H and O–H groups in total. The highest BCUT2D eigenvalue weighted by molar-refractivity contribution is 7.70. The van der Waals surface area contributed by atoms with Gasteiger partial charge in [-0.05, 0) is 50.1 Å². The molecule has 0 aliphatic rings. The average Bonchev–Trinajstić information content (AvgIpc) is 3.21. The molecule has 8 heteroatoms. The van der Waals surface area contributed by atoms with Crippen LogP contribution in [0.5, 0.6) is 0 Å². The van der Waals surface area contributed by atoms with Crippen LogP contribution in [-0.2, 0) is 4.57 Å². The fraction of sp³-hybridized carbons (Fsp3) is 0.174. The predicted molar refractivity (Wildman–Crippen MR) is 123 cm³/mol. The first-order valence-electron chi connectivity index (χ1n) is 9.99. The Morgan fingerprint density at radius 3 is 2.71 bits per heavy atom. The number of benzene rings is 2. The number of aromatic nitrogens is 6. The molecule has 1 atom stereocenters. The summed E-state index contributed by atoms with van der Waals surface area (Å²) in [5, 5.41) is 10.4. The number of hydrogen-bond acceptors (Lipinski definition) is 6. The third-order valence-corrected chi connectivity index (χ3v) is 6.95. The van der Waals surface area contributed by atoms with E-state index in [1.807, 2.05) is 48.5 Å². The Hall–Kier alpha value is -3.44. The fourth-order valence-corrected chi connectivity index (χ4v) is 4.52. The van der Waals surface area contributed by atoms with Crippen LogP contribution in [0.3, 0.4) is 0 Å². The molecule has 7 nitrogen and oxygen atoms in total. The van der Waals surface area contributed by atoms with Gasteiger partial charge in [0, 0.05) is 22.5 Å². The van der Waals surface area contributed by atoms with Crippen molar-refractivity contribution in [2.45, 2.75) is 13.0 Å². The Labute approximate surface area is 179 Å². The number of hydrogen-bond donors (Lipinski definition) is 0. The topological polar surface area (TPSA) is 86.5 Å². The molecule has 0 bridgehead atoms. The Bertz CT molecular complexity index is 1470. The zero-order chi connectivity index (χ0) is 21.6. The Morgan fingerprint density at radius 1 is 1.00 bits per heavy atom. The first-order chi connectivity index (χ1) is 14.9. The molecule has 3 heterocycles. The molecule has 0 fully saturated rings. The van der Waals surface area contributed by atoms with Gasteiger partial charge in [0.05, 0.1) is 23.4 Å². The summed E-state index contributed by atoms with van der Waals surface area (Å²) >= 11 is 0. The van der Waals surface area contributed by atoms with Crippen molar-refractivity contribution >= 4 is 34.6 Å². The summed E-state index contributed by atoms with van der Waals surface area (Å²) in [6, 6.07) is 17.7. The van der Waals surface area contributed by atoms with E-state index in [1.54, 1.807) is 30.4 Å². The van der Waals surface area contributed by atoms with Crippen LogP contribution in [0.25, 0.3) is 33.5 Å². The molecule has 0 radical (unpaired) electrons. The van der Waals surface area contributed by atoms with Crippen LogP contribution in [0.1, 0.15) is 18.5 Å². The van der Waals surface area contributed by atoms with Gasteiger partial charge in [0.1, 0.15) is 7.14 Å². The standard InChI is InChI=1S/C23H21N6OP/c1-15(16-9-10-20-17(12-16)7-5-11-24-20)29-23-22(27-28-29)25-14-21(26-23)18-6-4-8-19(13-18)31(2,3)30/h4-15H,1-3H3. The molecular formula is C23H21N6OP. The van der Waals surface area contributed by atoms with Crippen LogP contribution < -0.4 is 5.30 Å². The maximum atomic E-state index is 12.5. The molecule has 0 saturated carbocycles. The van der Waals surface area contributed by atoms with Gasteiger partial charge >= 0.3 is 0 Å². The molecule has 31 heavy (non-hydrogen) atoms. The van der Waals surface area contributed by atoms with Crippen molar-refractivity contribution in [2.75, 3.05) is 13.3 Å². The SMILES string of the molecule is CC(c1ccc2ncccc2c1)n1nnc2ncc(-c3cccc(P(C)(C)=O)c3)nc21. The zero-order valence-corrected chi connectivity index (χ0v) is 18.4. The molecule has 2 aromatic carbocycles. The first-order valence-corrected chi connectivity index (χ1v) is 12.6. The number of rotatable bonds is 4. The van der Waals surface area contributed by atoms with E-state index in [-0.39, 0.29) is 6.04 Å². The van der Waals surface area contributed by atoms with Gasteiger partial charge in [0.15, 0.2) is 5.65 Å². The van der Waals surface area contributed by atoms with Crippen molar-refractivity contribution in [1.82, 2.24) is 29.9 Å². The average molecular weight is 428 g/mol. The third kappa shape index (κ3) is 3.62. The van der Waals surface area contributed by atoms with Crippen LogP contribution in [-0.4, -0.2) is 43.3 Å². The maximum absolute atomic E-state index is 12.5. The van der Waals surface area contributed by atoms with Crippen LogP contribution in [0.4, 0.5) is 0 Å². The zero-order valence-electron chi connectivity index (χ0n) is 17.5. The molecule has 0 aliphatic heterocycles. The molecule has 154 valence electrons. The summed E-state index contributed by atoms with van der Waals surface area (Å²) < 4.78 is 14.3. The molecule has 5 rings (SSSR count). The summed E-state index contributed by atoms with van der Waals surface area (Å²) in [4.78, 5) is 13.7. The van der Waals surface area contributed by atoms with Gasteiger partial charge in [-0.1, -0.05) is 35.5 Å². The van der Waals surface area contributed by atoms with Gasteiger partial charge in [0.2, 0.25) is 5.65 Å². The third-order valence-electron chi connectivity index (χ3n) is 5.43. The Morgan fingerprint density at radius 2 is 1.87 bits per heavy atom. The van der Waals surface area contributed by atoms with E-state index in [0.29, 0.717) is 17.0 Å². The molecule has 3 aromatic heterocycles. The first kappa shape index (κ1) is 19.5. The summed E-state index contributed by atoms with van der Waals surface area (Å²) in [5.74, 6) is 0. The molecule has 0 amide bonds. The van der Waals surface area contributed by atoms with E-state index in [0.717, 1.165) is 27.3 Å². The number of nitrogens with zero attached hydrogens (tertiary/aromatic N) is 6. The van der Waals surface area contributed by atoms with Crippen molar-refractivity contribution in [1.29, 1.82) is 0 Å². The number of pyridine rings is 1. The van der Waals surface area contributed by atoms with E-state index >= 15 is 0 Å². The summed E-state index contributed by atoms with van der Waals surface area (Å²) in [7, 11) is -2.37. The molecule has 0 spiro atoms. The van der Waals surface area contributed by atoms with E-state index in [1.165, 1.54) is 0 Å². The lowest BCUT2D eigenvalue weighted by Gasteiger charge is -2.13. The summed E-state index contributed by atoms with van der Waals surface area (Å²) in [5.41, 5.74) is 4.70. The van der Waals surface area contributed by atoms with Crippen LogP contribution in [0, 0.1) is 0 Å². The molecular weight excluding hydrogens is 407 g/mol. The lowest BCUT2D eigenvalue weighted by Crippen LogP contribution is -2.10. The lowest BCUT2D eigenvalue weighted by atomic mass is 10.1. The Balaban J connectivity index is 1.58. The van der Waals surface area contributed by atoms with Crippen molar-refractivity contribution in [3.8, 4) is 11.3 Å². The minimum Gasteiger partial charge on any atom is -0.319 e. The second-order valence-corrected chi connectivity index (χ2v) is 11.2. The van der Waals surface area contributed by atoms with Crippen LogP contribution in [0.15, 0.2) is 67.0 Å². The van der Waals surface area contributed by atoms with Gasteiger partial charge in [-0.3, -0.25) is 4.98 Å². The quantitative estimate of drug-likeness (QED) is 0.397. The minimum absolute atomic E-state index is 0.0861. The molecule has 0 saturated heterocycles. The van der Waals surface area contributed by atoms with Gasteiger partial charge in [-0.25, -0.2) is 14.6 Å². The van der Waals surface area contributed by atoms with E-state index in [2.05, 4.69) is 33.3 Å². The lowest BCUT2D eigenvalue weighted by molar-refractivity contribution is 0.556. The summed E-state index contributed by atoms with van der Waals surface area (Å²) in [6.45, 7) is 5.59. The molecule has 5 aromatic rings. The highest BCUT2D eigenvalue weighted by Crippen LogP contribution is 2.35. The van der Waals surface area contributed by atoms with E-state index in [4.69, 9.17) is 4.98 Å². The predicted octanol–water partition coefficient (Wildman–Crippen LogP) is 4.29. The van der Waals surface area contributed by atoms with Crippen molar-refractivity contribution < 1.29 is 4.57 Å². The number of fused-ring (bicyclic) bond motifs is 2. The largest absolute Gasteiger partial charge is 0.319 e. The van der Waals surface area contributed by atoms with Crippen molar-refractivity contribution in [2.24, 2.45) is 0 Å². The van der Waals surface area contributed by atoms with E-state index < -0.39 is 7.14 Å². The van der Waals surface area contributed by atoms with Gasteiger partial charge in [-0.15, -0.1) is 5.10 Å². The molecule has 0 aliphatic carbocycles. The maximum Gasteiger partial charge on any atom is 0.221 e. The normalized spacial score (nSPS) is 13.0. The molecule has 1 unspecified atom stereocenters. The highest BCUT2D eigenvalue weighted by Gasteiger charge is 2.18. The monoisotopic (exact) mass is 428 g/mol. The van der Waals surface area contributed by atoms with Crippen LogP contribution in [0.2, 0.25) is 0 Å².